The fourth-order valence-electron chi connectivity index (χ4n) is 3.01. The van der Waals surface area contributed by atoms with E-state index in [1.165, 1.54) is 23.8 Å². The van der Waals surface area contributed by atoms with Crippen LogP contribution in [0.25, 0.3) is 0 Å². The number of hydrogen-bond acceptors (Lipinski definition) is 4. The minimum absolute atomic E-state index is 0.120. The van der Waals surface area contributed by atoms with E-state index >= 15 is 0 Å². The van der Waals surface area contributed by atoms with Crippen molar-refractivity contribution in [3.05, 3.63) is 46.8 Å². The summed E-state index contributed by atoms with van der Waals surface area (Å²) >= 11 is 0. The van der Waals surface area contributed by atoms with Crippen molar-refractivity contribution in [3.63, 3.8) is 0 Å². The molecule has 2 rings (SSSR count). The van der Waals surface area contributed by atoms with Crippen LogP contribution in [-0.2, 0) is 19.1 Å². The van der Waals surface area contributed by atoms with Crippen LogP contribution >= 0.6 is 0 Å². The number of hydrogen-bond donors (Lipinski definition) is 0. The number of carbonyl (C=O) groups excluding carboxylic acids is 2. The Morgan fingerprint density at radius 1 is 1.39 bits per heavy atom. The zero-order valence-corrected chi connectivity index (χ0v) is 14.2. The number of cyclic esters (lactones) is 1. The summed E-state index contributed by atoms with van der Waals surface area (Å²) in [7, 11) is 0. The lowest BCUT2D eigenvalue weighted by Crippen LogP contribution is -2.19. The topological polar surface area (TPSA) is 52.6 Å². The molecule has 1 atom stereocenters. The van der Waals surface area contributed by atoms with Crippen molar-refractivity contribution in [1.29, 1.82) is 0 Å². The standard InChI is InChI=1S/C19H24O4/c1-13-6-5-9-19(3,4)16(13)8-7-15(11-20)12-22-17-10-14(2)18(21)23-17/h7-8,10-12,17H,5-6,9H2,1-4H3. The van der Waals surface area contributed by atoms with Gasteiger partial charge in [0, 0.05) is 17.2 Å². The van der Waals surface area contributed by atoms with Crippen LogP contribution in [0.2, 0.25) is 0 Å². The average Bonchev–Trinajstić information content (AvgIpc) is 2.79. The second kappa shape index (κ2) is 6.99. The Kier molecular flexibility index (Phi) is 5.24. The predicted octanol–water partition coefficient (Wildman–Crippen LogP) is 4.00. The van der Waals surface area contributed by atoms with Crippen LogP contribution in [-0.4, -0.2) is 18.5 Å². The number of rotatable bonds is 5. The van der Waals surface area contributed by atoms with Gasteiger partial charge >= 0.3 is 5.97 Å². The van der Waals surface area contributed by atoms with E-state index in [1.54, 1.807) is 19.1 Å². The quantitative estimate of drug-likeness (QED) is 0.253. The molecule has 0 spiro atoms. The van der Waals surface area contributed by atoms with Gasteiger partial charge in [-0.1, -0.05) is 25.5 Å². The molecule has 0 saturated carbocycles. The molecule has 0 aromatic carbocycles. The third-order valence-corrected chi connectivity index (χ3v) is 4.39. The van der Waals surface area contributed by atoms with Gasteiger partial charge in [0.1, 0.15) is 0 Å². The highest BCUT2D eigenvalue weighted by atomic mass is 16.7. The summed E-state index contributed by atoms with van der Waals surface area (Å²) < 4.78 is 10.3. The maximum absolute atomic E-state index is 11.3. The lowest BCUT2D eigenvalue weighted by Gasteiger charge is -2.32. The summed E-state index contributed by atoms with van der Waals surface area (Å²) in [6.45, 7) is 8.26. The van der Waals surface area contributed by atoms with Crippen molar-refractivity contribution in [1.82, 2.24) is 0 Å². The summed E-state index contributed by atoms with van der Waals surface area (Å²) in [4.78, 5) is 22.5. The smallest absolute Gasteiger partial charge is 0.336 e. The maximum Gasteiger partial charge on any atom is 0.336 e. The van der Waals surface area contributed by atoms with Crippen LogP contribution in [0, 0.1) is 5.41 Å². The van der Waals surface area contributed by atoms with Gasteiger partial charge in [-0.15, -0.1) is 0 Å². The van der Waals surface area contributed by atoms with Crippen LogP contribution in [0.3, 0.4) is 0 Å². The predicted molar refractivity (Wildman–Crippen MR) is 88.3 cm³/mol. The molecule has 0 bridgehead atoms. The molecular formula is C19H24O4. The van der Waals surface area contributed by atoms with E-state index in [0.29, 0.717) is 11.1 Å². The number of carbonyl (C=O) groups is 2. The average molecular weight is 316 g/mol. The van der Waals surface area contributed by atoms with E-state index in [9.17, 15) is 9.59 Å². The minimum Gasteiger partial charge on any atom is -0.458 e. The molecule has 1 aliphatic carbocycles. The van der Waals surface area contributed by atoms with E-state index in [4.69, 9.17) is 9.47 Å². The Morgan fingerprint density at radius 3 is 2.70 bits per heavy atom. The Morgan fingerprint density at radius 2 is 2.13 bits per heavy atom. The fraction of sp³-hybridized carbons (Fsp3) is 0.474. The van der Waals surface area contributed by atoms with Gasteiger partial charge in [0.25, 0.3) is 6.29 Å². The molecule has 0 fully saturated rings. The molecular weight excluding hydrogens is 292 g/mol. The highest BCUT2D eigenvalue weighted by Crippen LogP contribution is 2.40. The Labute approximate surface area is 137 Å². The lowest BCUT2D eigenvalue weighted by atomic mass is 9.72. The van der Waals surface area contributed by atoms with Crippen molar-refractivity contribution in [3.8, 4) is 0 Å². The Balaban J connectivity index is 2.08. The normalized spacial score (nSPS) is 24.7. The molecule has 0 amide bonds. The van der Waals surface area contributed by atoms with Gasteiger partial charge in [-0.2, -0.15) is 0 Å². The molecule has 0 aromatic heterocycles. The van der Waals surface area contributed by atoms with Crippen LogP contribution in [0.4, 0.5) is 0 Å². The zero-order valence-electron chi connectivity index (χ0n) is 14.2. The third kappa shape index (κ3) is 4.21. The molecule has 4 nitrogen and oxygen atoms in total. The SMILES string of the molecule is CC1=CC(OC=C(C=O)C=CC2=C(C)CCCC2(C)C)OC1=O. The number of esters is 1. The molecule has 0 N–H and O–H groups in total. The van der Waals surface area contributed by atoms with Crippen molar-refractivity contribution in [2.45, 2.75) is 53.2 Å². The van der Waals surface area contributed by atoms with Gasteiger partial charge < -0.3 is 9.47 Å². The van der Waals surface area contributed by atoms with Gasteiger partial charge in [0.15, 0.2) is 6.29 Å². The van der Waals surface area contributed by atoms with E-state index in [2.05, 4.69) is 20.8 Å². The van der Waals surface area contributed by atoms with E-state index in [-0.39, 0.29) is 5.41 Å². The second-order valence-corrected chi connectivity index (χ2v) is 6.76. The molecule has 1 unspecified atom stereocenters. The van der Waals surface area contributed by atoms with Crippen LogP contribution < -0.4 is 0 Å². The third-order valence-electron chi connectivity index (χ3n) is 4.39. The van der Waals surface area contributed by atoms with Crippen molar-refractivity contribution in [2.75, 3.05) is 0 Å². The first-order chi connectivity index (χ1) is 10.8. The summed E-state index contributed by atoms with van der Waals surface area (Å²) in [5.41, 5.74) is 3.68. The van der Waals surface area contributed by atoms with Crippen molar-refractivity contribution in [2.24, 2.45) is 5.41 Å². The first-order valence-corrected chi connectivity index (χ1v) is 7.92. The Hall–Kier alpha value is -2.10. The van der Waals surface area contributed by atoms with Gasteiger partial charge in [-0.05, 0) is 50.2 Å². The number of ether oxygens (including phenoxy) is 2. The largest absolute Gasteiger partial charge is 0.458 e. The van der Waals surface area contributed by atoms with Crippen LogP contribution in [0.1, 0.15) is 47.0 Å². The molecule has 4 heteroatoms. The summed E-state index contributed by atoms with van der Waals surface area (Å²) in [6, 6.07) is 0. The fourth-order valence-corrected chi connectivity index (χ4v) is 3.01. The van der Waals surface area contributed by atoms with Crippen molar-refractivity contribution >= 4 is 12.3 Å². The highest BCUT2D eigenvalue weighted by Gasteiger charge is 2.26. The molecule has 1 aliphatic heterocycles. The number of aldehydes is 1. The Bertz CT molecular complexity index is 617. The monoisotopic (exact) mass is 316 g/mol. The maximum atomic E-state index is 11.3. The van der Waals surface area contributed by atoms with Gasteiger partial charge in [0.2, 0.25) is 0 Å². The van der Waals surface area contributed by atoms with E-state index in [0.717, 1.165) is 19.1 Å². The first-order valence-electron chi connectivity index (χ1n) is 7.92. The number of allylic oxidation sites excluding steroid dienone is 5. The summed E-state index contributed by atoms with van der Waals surface area (Å²) in [6.07, 6.45) is 10.1. The molecule has 0 aromatic rings. The molecule has 2 aliphatic rings. The molecule has 0 radical (unpaired) electrons. The van der Waals surface area contributed by atoms with E-state index in [1.807, 2.05) is 6.08 Å². The molecule has 0 saturated heterocycles. The first kappa shape index (κ1) is 17.3. The zero-order chi connectivity index (χ0) is 17.0. The molecule has 23 heavy (non-hydrogen) atoms. The highest BCUT2D eigenvalue weighted by molar-refractivity contribution is 5.90. The molecule has 124 valence electrons. The van der Waals surface area contributed by atoms with Crippen LogP contribution in [0.5, 0.6) is 0 Å². The van der Waals surface area contributed by atoms with Crippen molar-refractivity contribution < 1.29 is 19.1 Å². The van der Waals surface area contributed by atoms with Gasteiger partial charge in [-0.3, -0.25) is 4.79 Å². The van der Waals surface area contributed by atoms with Crippen LogP contribution in [0.15, 0.2) is 46.8 Å². The lowest BCUT2D eigenvalue weighted by molar-refractivity contribution is -0.152. The summed E-state index contributed by atoms with van der Waals surface area (Å²) in [5.74, 6) is -0.392. The molecule has 1 heterocycles. The van der Waals surface area contributed by atoms with Gasteiger partial charge in [0.05, 0.1) is 6.26 Å². The van der Waals surface area contributed by atoms with Gasteiger partial charge in [-0.25, -0.2) is 4.79 Å². The second-order valence-electron chi connectivity index (χ2n) is 6.76. The summed E-state index contributed by atoms with van der Waals surface area (Å²) in [5, 5.41) is 0. The van der Waals surface area contributed by atoms with E-state index < -0.39 is 12.3 Å². The minimum atomic E-state index is -0.752.